The topological polar surface area (TPSA) is 35.5 Å². The molecule has 1 aliphatic rings. The minimum Gasteiger partial charge on any atom is -0.392 e. The Hall–Kier alpha value is -0.120. The van der Waals surface area contributed by atoms with E-state index in [9.17, 15) is 5.11 Å². The van der Waals surface area contributed by atoms with E-state index in [1.165, 1.54) is 0 Å². The van der Waals surface area contributed by atoms with Crippen LogP contribution in [0.25, 0.3) is 0 Å². The van der Waals surface area contributed by atoms with E-state index < -0.39 is 0 Å². The van der Waals surface area contributed by atoms with Crippen LogP contribution in [0.5, 0.6) is 0 Å². The lowest BCUT2D eigenvalue weighted by Gasteiger charge is -2.32. The average molecular weight is 172 g/mol. The molecule has 1 fully saturated rings. The Morgan fingerprint density at radius 1 is 1.67 bits per heavy atom. The molecule has 1 saturated heterocycles. The monoisotopic (exact) mass is 172 g/mol. The summed E-state index contributed by atoms with van der Waals surface area (Å²) in [4.78, 5) is 2.33. The van der Waals surface area contributed by atoms with E-state index >= 15 is 0 Å². The molecule has 0 unspecified atom stereocenters. The van der Waals surface area contributed by atoms with Gasteiger partial charge >= 0.3 is 0 Å². The fourth-order valence-electron chi connectivity index (χ4n) is 1.61. The van der Waals surface area contributed by atoms with E-state index in [0.29, 0.717) is 6.04 Å². The van der Waals surface area contributed by atoms with Crippen LogP contribution in [0.1, 0.15) is 20.3 Å². The molecule has 1 aliphatic heterocycles. The zero-order valence-electron chi connectivity index (χ0n) is 8.08. The molecule has 1 rings (SSSR count). The maximum Gasteiger partial charge on any atom is 0.0664 e. The summed E-state index contributed by atoms with van der Waals surface area (Å²) in [6, 6.07) is 0.572. The van der Waals surface area contributed by atoms with E-state index in [0.717, 1.165) is 32.6 Å². The van der Waals surface area contributed by atoms with E-state index in [4.69, 9.17) is 0 Å². The van der Waals surface area contributed by atoms with Crippen LogP contribution < -0.4 is 5.32 Å². The molecule has 0 aromatic rings. The highest BCUT2D eigenvalue weighted by molar-refractivity contribution is 4.76. The lowest BCUT2D eigenvalue weighted by atomic mass is 10.2. The van der Waals surface area contributed by atoms with Crippen LogP contribution in [0.3, 0.4) is 0 Å². The third-order valence-corrected chi connectivity index (χ3v) is 2.39. The van der Waals surface area contributed by atoms with Gasteiger partial charge in [0.2, 0.25) is 0 Å². The zero-order chi connectivity index (χ0) is 8.97. The van der Waals surface area contributed by atoms with Crippen molar-refractivity contribution in [1.82, 2.24) is 10.2 Å². The molecule has 72 valence electrons. The van der Waals surface area contributed by atoms with Crippen LogP contribution in [0.2, 0.25) is 0 Å². The Morgan fingerprint density at radius 3 is 3.00 bits per heavy atom. The standard InChI is InChI=1S/C9H20N2O/c1-3-9(12)7-11-5-4-10-8(2)6-11/h8-10,12H,3-7H2,1-2H3/t8-,9+/m1/s1. The van der Waals surface area contributed by atoms with E-state index in [1.54, 1.807) is 0 Å². The second-order valence-electron chi connectivity index (χ2n) is 3.68. The van der Waals surface area contributed by atoms with Crippen molar-refractivity contribution in [1.29, 1.82) is 0 Å². The van der Waals surface area contributed by atoms with Gasteiger partial charge in [-0.1, -0.05) is 6.92 Å². The first-order chi connectivity index (χ1) is 5.72. The Kier molecular flexibility index (Phi) is 3.98. The summed E-state index contributed by atoms with van der Waals surface area (Å²) in [5, 5.41) is 12.8. The molecular weight excluding hydrogens is 152 g/mol. The van der Waals surface area contributed by atoms with Gasteiger partial charge in [0, 0.05) is 32.2 Å². The number of nitrogens with zero attached hydrogens (tertiary/aromatic N) is 1. The molecule has 0 radical (unpaired) electrons. The number of hydrogen-bond donors (Lipinski definition) is 2. The Morgan fingerprint density at radius 2 is 2.42 bits per heavy atom. The molecule has 12 heavy (non-hydrogen) atoms. The van der Waals surface area contributed by atoms with E-state index in [1.807, 2.05) is 6.92 Å². The minimum atomic E-state index is -0.143. The Balaban J connectivity index is 2.22. The van der Waals surface area contributed by atoms with Crippen LogP contribution in [-0.2, 0) is 0 Å². The molecule has 1 heterocycles. The molecule has 0 spiro atoms. The maximum absolute atomic E-state index is 9.43. The maximum atomic E-state index is 9.43. The molecule has 0 saturated carbocycles. The number of hydrogen-bond acceptors (Lipinski definition) is 3. The van der Waals surface area contributed by atoms with Crippen molar-refractivity contribution in [3.05, 3.63) is 0 Å². The van der Waals surface area contributed by atoms with Gasteiger partial charge in [-0.25, -0.2) is 0 Å². The van der Waals surface area contributed by atoms with Gasteiger partial charge in [-0.2, -0.15) is 0 Å². The van der Waals surface area contributed by atoms with E-state index in [-0.39, 0.29) is 6.10 Å². The van der Waals surface area contributed by atoms with Crippen LogP contribution in [0.4, 0.5) is 0 Å². The van der Waals surface area contributed by atoms with Crippen molar-refractivity contribution >= 4 is 0 Å². The minimum absolute atomic E-state index is 0.143. The molecule has 2 atom stereocenters. The molecule has 3 nitrogen and oxygen atoms in total. The third kappa shape index (κ3) is 3.09. The SMILES string of the molecule is CC[C@H](O)CN1CCN[C@H](C)C1. The van der Waals surface area contributed by atoms with E-state index in [2.05, 4.69) is 17.1 Å². The van der Waals surface area contributed by atoms with Crippen molar-refractivity contribution < 1.29 is 5.11 Å². The molecule has 0 aromatic heterocycles. The lowest BCUT2D eigenvalue weighted by molar-refractivity contribution is 0.0935. The summed E-state index contributed by atoms with van der Waals surface area (Å²) < 4.78 is 0. The van der Waals surface area contributed by atoms with Gasteiger partial charge in [0.05, 0.1) is 6.10 Å². The lowest BCUT2D eigenvalue weighted by Crippen LogP contribution is -2.51. The number of nitrogens with one attached hydrogen (secondary N) is 1. The summed E-state index contributed by atoms with van der Waals surface area (Å²) in [6.07, 6.45) is 0.716. The first-order valence-corrected chi connectivity index (χ1v) is 4.86. The smallest absolute Gasteiger partial charge is 0.0664 e. The van der Waals surface area contributed by atoms with Crippen molar-refractivity contribution in [2.45, 2.75) is 32.4 Å². The summed E-state index contributed by atoms with van der Waals surface area (Å²) in [5.41, 5.74) is 0. The van der Waals surface area contributed by atoms with Crippen LogP contribution in [0.15, 0.2) is 0 Å². The van der Waals surface area contributed by atoms with Gasteiger partial charge in [0.15, 0.2) is 0 Å². The molecule has 2 N–H and O–H groups in total. The van der Waals surface area contributed by atoms with Gasteiger partial charge in [-0.15, -0.1) is 0 Å². The fourth-order valence-corrected chi connectivity index (χ4v) is 1.61. The predicted octanol–water partition coefficient (Wildman–Crippen LogP) is 0.0510. The molecule has 0 aromatic carbocycles. The molecule has 0 bridgehead atoms. The van der Waals surface area contributed by atoms with Gasteiger partial charge in [0.25, 0.3) is 0 Å². The first kappa shape index (κ1) is 9.96. The fraction of sp³-hybridized carbons (Fsp3) is 1.00. The number of piperazine rings is 1. The highest BCUT2D eigenvalue weighted by atomic mass is 16.3. The third-order valence-electron chi connectivity index (χ3n) is 2.39. The van der Waals surface area contributed by atoms with Gasteiger partial charge < -0.3 is 10.4 Å². The second kappa shape index (κ2) is 4.80. The second-order valence-corrected chi connectivity index (χ2v) is 3.68. The number of β-amino-alcohol motifs (C(OH)–C–C–N with tert-alkyl or cyclic N) is 1. The summed E-state index contributed by atoms with van der Waals surface area (Å²) in [6.45, 7) is 8.24. The normalized spacial score (nSPS) is 28.8. The molecule has 0 amide bonds. The highest BCUT2D eigenvalue weighted by Crippen LogP contribution is 2.01. The Labute approximate surface area is 74.8 Å². The molecule has 0 aliphatic carbocycles. The quantitative estimate of drug-likeness (QED) is 0.631. The zero-order valence-corrected chi connectivity index (χ0v) is 8.08. The van der Waals surface area contributed by atoms with Gasteiger partial charge in [-0.3, -0.25) is 4.90 Å². The number of aliphatic hydroxyl groups excluding tert-OH is 1. The molecular formula is C9H20N2O. The largest absolute Gasteiger partial charge is 0.392 e. The summed E-state index contributed by atoms with van der Waals surface area (Å²) >= 11 is 0. The van der Waals surface area contributed by atoms with Crippen molar-refractivity contribution in [3.8, 4) is 0 Å². The predicted molar refractivity (Wildman–Crippen MR) is 50.2 cm³/mol. The summed E-state index contributed by atoms with van der Waals surface area (Å²) in [5.74, 6) is 0. The molecule has 3 heteroatoms. The summed E-state index contributed by atoms with van der Waals surface area (Å²) in [7, 11) is 0. The highest BCUT2D eigenvalue weighted by Gasteiger charge is 2.16. The number of rotatable bonds is 3. The first-order valence-electron chi connectivity index (χ1n) is 4.86. The van der Waals surface area contributed by atoms with Gasteiger partial charge in [0.1, 0.15) is 0 Å². The number of aliphatic hydroxyl groups is 1. The van der Waals surface area contributed by atoms with Crippen molar-refractivity contribution in [2.24, 2.45) is 0 Å². The van der Waals surface area contributed by atoms with Crippen LogP contribution in [-0.4, -0.2) is 48.3 Å². The van der Waals surface area contributed by atoms with Crippen LogP contribution in [0, 0.1) is 0 Å². The van der Waals surface area contributed by atoms with Crippen molar-refractivity contribution in [3.63, 3.8) is 0 Å². The van der Waals surface area contributed by atoms with Gasteiger partial charge in [-0.05, 0) is 13.3 Å². The average Bonchev–Trinajstić information content (AvgIpc) is 2.04. The van der Waals surface area contributed by atoms with Crippen molar-refractivity contribution in [2.75, 3.05) is 26.2 Å². The Bertz CT molecular complexity index is 130. The van der Waals surface area contributed by atoms with Crippen LogP contribution >= 0.6 is 0 Å².